The molecule has 0 saturated heterocycles. The van der Waals surface area contributed by atoms with Crippen LogP contribution in [0.4, 0.5) is 0 Å². The number of aromatic hydroxyl groups is 2. The Balaban J connectivity index is 1.70. The number of phenols is 2. The lowest BCUT2D eigenvalue weighted by molar-refractivity contribution is 0.0949. The van der Waals surface area contributed by atoms with E-state index in [1.165, 1.54) is 24.4 Å². The van der Waals surface area contributed by atoms with Gasteiger partial charge in [-0.2, -0.15) is 10.2 Å². The molecule has 0 fully saturated rings. The fraction of sp³-hybridized carbons (Fsp3) is 0.267. The fourth-order valence-electron chi connectivity index (χ4n) is 2.52. The van der Waals surface area contributed by atoms with E-state index >= 15 is 0 Å². The van der Waals surface area contributed by atoms with Crippen LogP contribution < -0.4 is 5.43 Å². The first-order valence-electron chi connectivity index (χ1n) is 7.06. The van der Waals surface area contributed by atoms with Gasteiger partial charge in [0.25, 0.3) is 5.91 Å². The van der Waals surface area contributed by atoms with E-state index in [-0.39, 0.29) is 17.4 Å². The van der Waals surface area contributed by atoms with Gasteiger partial charge < -0.3 is 10.2 Å². The van der Waals surface area contributed by atoms with Gasteiger partial charge in [0.15, 0.2) is 5.69 Å². The van der Waals surface area contributed by atoms with Gasteiger partial charge in [-0.25, -0.2) is 5.43 Å². The van der Waals surface area contributed by atoms with Crippen molar-refractivity contribution in [1.29, 1.82) is 0 Å². The molecule has 0 spiro atoms. The molecule has 22 heavy (non-hydrogen) atoms. The van der Waals surface area contributed by atoms with Crippen molar-refractivity contribution in [2.45, 2.75) is 25.7 Å². The van der Waals surface area contributed by atoms with Crippen LogP contribution in [0, 0.1) is 0 Å². The van der Waals surface area contributed by atoms with Gasteiger partial charge in [0.1, 0.15) is 11.5 Å². The second-order valence-corrected chi connectivity index (χ2v) is 5.18. The molecule has 1 aliphatic carbocycles. The van der Waals surface area contributed by atoms with Gasteiger partial charge in [-0.3, -0.25) is 9.89 Å². The van der Waals surface area contributed by atoms with Gasteiger partial charge >= 0.3 is 0 Å². The molecule has 0 radical (unpaired) electrons. The standard InChI is InChI=1S/C15H16N4O3/c20-10-6-5-9(13(21)7-10)8-16-19-15(22)14-11-3-1-2-4-12(11)17-18-14/h5-8,20-21H,1-4H2,(H,17,18)(H,19,22). The molecule has 1 heterocycles. The van der Waals surface area contributed by atoms with Crippen molar-refractivity contribution >= 4 is 12.1 Å². The molecular formula is C15H16N4O3. The molecule has 0 atom stereocenters. The van der Waals surface area contributed by atoms with Crippen molar-refractivity contribution in [3.05, 3.63) is 40.7 Å². The molecule has 0 aliphatic heterocycles. The fourth-order valence-corrected chi connectivity index (χ4v) is 2.52. The van der Waals surface area contributed by atoms with Crippen LogP contribution in [0.1, 0.15) is 40.2 Å². The summed E-state index contributed by atoms with van der Waals surface area (Å²) in [7, 11) is 0. The number of fused-ring (bicyclic) bond motifs is 1. The SMILES string of the molecule is O=C(NN=Cc1ccc(O)cc1O)c1n[nH]c2c1CCCC2. The molecule has 1 amide bonds. The highest BCUT2D eigenvalue weighted by molar-refractivity contribution is 5.95. The van der Waals surface area contributed by atoms with Crippen LogP contribution in [-0.2, 0) is 12.8 Å². The molecule has 0 bridgehead atoms. The lowest BCUT2D eigenvalue weighted by Crippen LogP contribution is -2.20. The molecule has 0 unspecified atom stereocenters. The summed E-state index contributed by atoms with van der Waals surface area (Å²) in [5, 5.41) is 29.6. The zero-order valence-corrected chi connectivity index (χ0v) is 11.8. The van der Waals surface area contributed by atoms with Crippen LogP contribution in [0.5, 0.6) is 11.5 Å². The van der Waals surface area contributed by atoms with Crippen LogP contribution >= 0.6 is 0 Å². The number of benzene rings is 1. The van der Waals surface area contributed by atoms with Crippen LogP contribution in [0.25, 0.3) is 0 Å². The van der Waals surface area contributed by atoms with Crippen molar-refractivity contribution in [2.24, 2.45) is 5.10 Å². The summed E-state index contributed by atoms with van der Waals surface area (Å²) in [6.07, 6.45) is 5.23. The predicted octanol–water partition coefficient (Wildman–Crippen LogP) is 1.46. The number of amides is 1. The maximum Gasteiger partial charge on any atom is 0.292 e. The largest absolute Gasteiger partial charge is 0.508 e. The number of rotatable bonds is 3. The first-order chi connectivity index (χ1) is 10.6. The van der Waals surface area contributed by atoms with Gasteiger partial charge in [-0.15, -0.1) is 0 Å². The Labute approximate surface area is 126 Å². The molecule has 114 valence electrons. The number of aryl methyl sites for hydroxylation is 1. The highest BCUT2D eigenvalue weighted by Gasteiger charge is 2.21. The summed E-state index contributed by atoms with van der Waals surface area (Å²) in [6.45, 7) is 0. The Morgan fingerprint density at radius 2 is 2.14 bits per heavy atom. The van der Waals surface area contributed by atoms with Gasteiger partial charge in [-0.1, -0.05) is 0 Å². The minimum Gasteiger partial charge on any atom is -0.508 e. The zero-order valence-electron chi connectivity index (χ0n) is 11.8. The third-order valence-electron chi connectivity index (χ3n) is 3.66. The minimum atomic E-state index is -0.381. The van der Waals surface area contributed by atoms with E-state index in [1.54, 1.807) is 0 Å². The maximum atomic E-state index is 12.1. The van der Waals surface area contributed by atoms with Crippen molar-refractivity contribution in [2.75, 3.05) is 0 Å². The van der Waals surface area contributed by atoms with Crippen molar-refractivity contribution in [3.63, 3.8) is 0 Å². The molecule has 1 aliphatic rings. The van der Waals surface area contributed by atoms with E-state index in [1.807, 2.05) is 0 Å². The topological polar surface area (TPSA) is 111 Å². The molecule has 4 N–H and O–H groups in total. The summed E-state index contributed by atoms with van der Waals surface area (Å²) in [4.78, 5) is 12.1. The third-order valence-corrected chi connectivity index (χ3v) is 3.66. The molecule has 0 saturated carbocycles. The number of carbonyl (C=O) groups excluding carboxylic acids is 1. The number of nitrogens with zero attached hydrogens (tertiary/aromatic N) is 2. The first-order valence-corrected chi connectivity index (χ1v) is 7.06. The van der Waals surface area contributed by atoms with E-state index in [0.717, 1.165) is 36.9 Å². The number of H-pyrrole nitrogens is 1. The number of nitrogens with one attached hydrogen (secondary N) is 2. The number of phenolic OH excluding ortho intramolecular Hbond substituents is 2. The number of aromatic nitrogens is 2. The van der Waals surface area contributed by atoms with Crippen LogP contribution in [-0.4, -0.2) is 32.5 Å². The third kappa shape index (κ3) is 2.78. The molecule has 3 rings (SSSR count). The molecule has 7 nitrogen and oxygen atoms in total. The molecule has 2 aromatic rings. The van der Waals surface area contributed by atoms with Crippen molar-refractivity contribution < 1.29 is 15.0 Å². The summed E-state index contributed by atoms with van der Waals surface area (Å²) >= 11 is 0. The maximum absolute atomic E-state index is 12.1. The Bertz CT molecular complexity index is 736. The zero-order chi connectivity index (χ0) is 15.5. The Kier molecular flexibility index (Phi) is 3.78. The molecular weight excluding hydrogens is 284 g/mol. The normalized spacial score (nSPS) is 14.0. The lowest BCUT2D eigenvalue weighted by atomic mass is 9.96. The second kappa shape index (κ2) is 5.88. The number of hydrazone groups is 1. The smallest absolute Gasteiger partial charge is 0.292 e. The van der Waals surface area contributed by atoms with Crippen LogP contribution in [0.15, 0.2) is 23.3 Å². The number of hydrogen-bond donors (Lipinski definition) is 4. The Hall–Kier alpha value is -2.83. The molecule has 1 aromatic carbocycles. The molecule has 1 aromatic heterocycles. The van der Waals surface area contributed by atoms with E-state index < -0.39 is 0 Å². The highest BCUT2D eigenvalue weighted by atomic mass is 16.3. The van der Waals surface area contributed by atoms with Crippen molar-refractivity contribution in [1.82, 2.24) is 15.6 Å². The lowest BCUT2D eigenvalue weighted by Gasteiger charge is -2.10. The second-order valence-electron chi connectivity index (χ2n) is 5.18. The first kappa shape index (κ1) is 14.1. The Morgan fingerprint density at radius 1 is 1.32 bits per heavy atom. The van der Waals surface area contributed by atoms with E-state index in [0.29, 0.717) is 11.3 Å². The van der Waals surface area contributed by atoms with E-state index in [2.05, 4.69) is 20.7 Å². The van der Waals surface area contributed by atoms with E-state index in [4.69, 9.17) is 0 Å². The van der Waals surface area contributed by atoms with Gasteiger partial charge in [0, 0.05) is 22.9 Å². The predicted molar refractivity (Wildman–Crippen MR) is 80.1 cm³/mol. The summed E-state index contributed by atoms with van der Waals surface area (Å²) in [5.41, 5.74) is 5.16. The van der Waals surface area contributed by atoms with Gasteiger partial charge in [0.05, 0.1) is 6.21 Å². The minimum absolute atomic E-state index is 0.0400. The van der Waals surface area contributed by atoms with Crippen LogP contribution in [0.2, 0.25) is 0 Å². The van der Waals surface area contributed by atoms with Gasteiger partial charge in [-0.05, 0) is 37.8 Å². The molecule has 7 heteroatoms. The number of aromatic amines is 1. The summed E-state index contributed by atoms with van der Waals surface area (Å²) < 4.78 is 0. The Morgan fingerprint density at radius 3 is 2.95 bits per heavy atom. The number of carbonyl (C=O) groups is 1. The summed E-state index contributed by atoms with van der Waals surface area (Å²) in [5.74, 6) is -0.536. The summed E-state index contributed by atoms with van der Waals surface area (Å²) in [6, 6.07) is 4.12. The number of hydrogen-bond acceptors (Lipinski definition) is 5. The van der Waals surface area contributed by atoms with E-state index in [9.17, 15) is 15.0 Å². The van der Waals surface area contributed by atoms with Crippen molar-refractivity contribution in [3.8, 4) is 11.5 Å². The monoisotopic (exact) mass is 300 g/mol. The highest BCUT2D eigenvalue weighted by Crippen LogP contribution is 2.22. The van der Waals surface area contributed by atoms with Crippen LogP contribution in [0.3, 0.4) is 0 Å². The average Bonchev–Trinajstić information content (AvgIpc) is 2.93. The average molecular weight is 300 g/mol. The quantitative estimate of drug-likeness (QED) is 0.508. The van der Waals surface area contributed by atoms with Gasteiger partial charge in [0.2, 0.25) is 0 Å².